The van der Waals surface area contributed by atoms with E-state index in [1.165, 1.54) is 12.1 Å². The lowest BCUT2D eigenvalue weighted by Gasteiger charge is -2.05. The van der Waals surface area contributed by atoms with E-state index >= 15 is 0 Å². The van der Waals surface area contributed by atoms with Gasteiger partial charge in [0.2, 0.25) is 0 Å². The third-order valence-corrected chi connectivity index (χ3v) is 2.94. The molecule has 1 heterocycles. The van der Waals surface area contributed by atoms with E-state index in [1.54, 1.807) is 30.8 Å². The molecule has 1 aromatic carbocycles. The third-order valence-electron chi connectivity index (χ3n) is 2.94. The molecule has 0 fully saturated rings. The van der Waals surface area contributed by atoms with Crippen molar-refractivity contribution in [2.45, 2.75) is 20.3 Å². The van der Waals surface area contributed by atoms with Crippen LogP contribution in [0, 0.1) is 19.7 Å². The van der Waals surface area contributed by atoms with Crippen molar-refractivity contribution in [2.24, 2.45) is 7.05 Å². The number of benzene rings is 1. The van der Waals surface area contributed by atoms with E-state index in [1.807, 2.05) is 6.92 Å². The van der Waals surface area contributed by atoms with Crippen LogP contribution in [-0.4, -0.2) is 15.6 Å². The molecule has 0 spiro atoms. The largest absolute Gasteiger partial charge is 0.292 e. The highest BCUT2D eigenvalue weighted by Gasteiger charge is 2.13. The van der Waals surface area contributed by atoms with Crippen LogP contribution in [0.1, 0.15) is 27.3 Å². The molecule has 0 N–H and O–H groups in total. The molecule has 0 aliphatic carbocycles. The average molecular weight is 246 g/mol. The molecule has 94 valence electrons. The summed E-state index contributed by atoms with van der Waals surface area (Å²) in [7, 11) is 1.75. The van der Waals surface area contributed by atoms with Gasteiger partial charge in [0.15, 0.2) is 5.78 Å². The molecule has 0 amide bonds. The second-order valence-electron chi connectivity index (χ2n) is 4.47. The second-order valence-corrected chi connectivity index (χ2v) is 4.47. The maximum absolute atomic E-state index is 13.0. The molecular weight excluding hydrogens is 231 g/mol. The van der Waals surface area contributed by atoms with Gasteiger partial charge in [-0.1, -0.05) is 6.07 Å². The monoisotopic (exact) mass is 246 g/mol. The van der Waals surface area contributed by atoms with Crippen molar-refractivity contribution in [1.29, 1.82) is 0 Å². The minimum atomic E-state index is -0.278. The van der Waals surface area contributed by atoms with Gasteiger partial charge in [0.25, 0.3) is 0 Å². The summed E-state index contributed by atoms with van der Waals surface area (Å²) in [5, 5.41) is 4.15. The maximum atomic E-state index is 13.0. The van der Waals surface area contributed by atoms with Gasteiger partial charge in [0.1, 0.15) is 11.5 Å². The number of nitrogens with zero attached hydrogens (tertiary/aromatic N) is 2. The van der Waals surface area contributed by atoms with Gasteiger partial charge < -0.3 is 0 Å². The predicted molar refractivity (Wildman–Crippen MR) is 67.1 cm³/mol. The Morgan fingerprint density at radius 1 is 1.33 bits per heavy atom. The van der Waals surface area contributed by atoms with Crippen LogP contribution in [-0.2, 0) is 13.5 Å². The van der Waals surface area contributed by atoms with Crippen LogP contribution in [0.25, 0.3) is 0 Å². The van der Waals surface area contributed by atoms with Crippen molar-refractivity contribution >= 4 is 5.78 Å². The SMILES string of the molecule is Cc1cc(C(=O)Cc2ccc(F)cc2C)n(C)n1. The summed E-state index contributed by atoms with van der Waals surface area (Å²) < 4.78 is 14.6. The quantitative estimate of drug-likeness (QED) is 0.780. The number of ketones is 1. The number of carbonyl (C=O) groups excluding carboxylic acids is 1. The van der Waals surface area contributed by atoms with Crippen molar-refractivity contribution in [3.05, 3.63) is 52.6 Å². The number of aromatic nitrogens is 2. The molecule has 3 nitrogen and oxygen atoms in total. The summed E-state index contributed by atoms with van der Waals surface area (Å²) in [6.45, 7) is 3.65. The summed E-state index contributed by atoms with van der Waals surface area (Å²) in [5.74, 6) is -0.284. The normalized spacial score (nSPS) is 10.7. The van der Waals surface area contributed by atoms with Crippen molar-refractivity contribution < 1.29 is 9.18 Å². The van der Waals surface area contributed by atoms with Gasteiger partial charge in [-0.25, -0.2) is 4.39 Å². The average Bonchev–Trinajstić information content (AvgIpc) is 2.62. The molecule has 0 saturated heterocycles. The van der Waals surface area contributed by atoms with Crippen molar-refractivity contribution in [3.8, 4) is 0 Å². The highest BCUT2D eigenvalue weighted by Crippen LogP contribution is 2.14. The molecule has 4 heteroatoms. The zero-order chi connectivity index (χ0) is 13.3. The predicted octanol–water partition coefficient (Wildman–Crippen LogP) is 2.60. The molecule has 2 aromatic rings. The zero-order valence-corrected chi connectivity index (χ0v) is 10.7. The van der Waals surface area contributed by atoms with E-state index in [-0.39, 0.29) is 18.0 Å². The Labute approximate surface area is 105 Å². The van der Waals surface area contributed by atoms with Crippen molar-refractivity contribution in [2.75, 3.05) is 0 Å². The maximum Gasteiger partial charge on any atom is 0.185 e. The Bertz CT molecular complexity index is 602. The van der Waals surface area contributed by atoms with Crippen LogP contribution in [0.3, 0.4) is 0 Å². The molecule has 18 heavy (non-hydrogen) atoms. The number of carbonyl (C=O) groups is 1. The lowest BCUT2D eigenvalue weighted by atomic mass is 10.0. The molecule has 1 aromatic heterocycles. The second kappa shape index (κ2) is 4.72. The first-order valence-electron chi connectivity index (χ1n) is 5.76. The van der Waals surface area contributed by atoms with E-state index in [2.05, 4.69) is 5.10 Å². The van der Waals surface area contributed by atoms with Crippen LogP contribution < -0.4 is 0 Å². The van der Waals surface area contributed by atoms with Gasteiger partial charge in [0, 0.05) is 13.5 Å². The number of halogens is 1. The van der Waals surface area contributed by atoms with Crippen molar-refractivity contribution in [3.63, 3.8) is 0 Å². The lowest BCUT2D eigenvalue weighted by molar-refractivity contribution is 0.0983. The molecular formula is C14H15FN2O. The Kier molecular flexibility index (Phi) is 3.28. The summed E-state index contributed by atoms with van der Waals surface area (Å²) in [5.41, 5.74) is 3.04. The van der Waals surface area contributed by atoms with Crippen molar-refractivity contribution in [1.82, 2.24) is 9.78 Å². The van der Waals surface area contributed by atoms with Crippen LogP contribution in [0.5, 0.6) is 0 Å². The highest BCUT2D eigenvalue weighted by atomic mass is 19.1. The number of rotatable bonds is 3. The lowest BCUT2D eigenvalue weighted by Crippen LogP contribution is -2.10. The number of aryl methyl sites for hydroxylation is 3. The van der Waals surface area contributed by atoms with Crippen LogP contribution in [0.15, 0.2) is 24.3 Å². The van der Waals surface area contributed by atoms with Crippen LogP contribution in [0.4, 0.5) is 4.39 Å². The number of Topliss-reactive ketones (excluding diaryl/α,β-unsaturated/α-hetero) is 1. The molecule has 0 atom stereocenters. The first-order valence-corrected chi connectivity index (χ1v) is 5.76. The third kappa shape index (κ3) is 2.47. The Balaban J connectivity index is 2.24. The standard InChI is InChI=1S/C14H15FN2O/c1-9-6-12(15)5-4-11(9)8-14(18)13-7-10(2)16-17(13)3/h4-7H,8H2,1-3H3. The summed E-state index contributed by atoms with van der Waals surface area (Å²) in [4.78, 5) is 12.1. The Morgan fingerprint density at radius 3 is 2.61 bits per heavy atom. The highest BCUT2D eigenvalue weighted by molar-refractivity contribution is 5.96. The zero-order valence-electron chi connectivity index (χ0n) is 10.7. The summed E-state index contributed by atoms with van der Waals surface area (Å²) in [6, 6.07) is 6.24. The fourth-order valence-electron chi connectivity index (χ4n) is 1.99. The van der Waals surface area contributed by atoms with E-state index in [4.69, 9.17) is 0 Å². The first-order chi connectivity index (χ1) is 8.47. The Hall–Kier alpha value is -1.97. The first kappa shape index (κ1) is 12.5. The molecule has 0 radical (unpaired) electrons. The number of hydrogen-bond donors (Lipinski definition) is 0. The molecule has 2 rings (SSSR count). The topological polar surface area (TPSA) is 34.9 Å². The minimum Gasteiger partial charge on any atom is -0.292 e. The fraction of sp³-hybridized carbons (Fsp3) is 0.286. The Morgan fingerprint density at radius 2 is 2.06 bits per heavy atom. The van der Waals surface area contributed by atoms with E-state index in [9.17, 15) is 9.18 Å². The van der Waals surface area contributed by atoms with Gasteiger partial charge in [0.05, 0.1) is 5.69 Å². The molecule has 0 unspecified atom stereocenters. The van der Waals surface area contributed by atoms with Gasteiger partial charge >= 0.3 is 0 Å². The van der Waals surface area contributed by atoms with Crippen LogP contribution in [0.2, 0.25) is 0 Å². The summed E-state index contributed by atoms with van der Waals surface area (Å²) in [6.07, 6.45) is 0.269. The summed E-state index contributed by atoms with van der Waals surface area (Å²) >= 11 is 0. The van der Waals surface area contributed by atoms with Crippen LogP contribution >= 0.6 is 0 Å². The van der Waals surface area contributed by atoms with Gasteiger partial charge in [-0.15, -0.1) is 0 Å². The molecule has 0 bridgehead atoms. The van der Waals surface area contributed by atoms with E-state index in [0.29, 0.717) is 5.69 Å². The van der Waals surface area contributed by atoms with E-state index < -0.39 is 0 Å². The van der Waals surface area contributed by atoms with Gasteiger partial charge in [-0.3, -0.25) is 9.48 Å². The molecule has 0 aliphatic heterocycles. The van der Waals surface area contributed by atoms with E-state index in [0.717, 1.165) is 16.8 Å². The van der Waals surface area contributed by atoms with Gasteiger partial charge in [-0.05, 0) is 43.2 Å². The molecule has 0 saturated carbocycles. The molecule has 0 aliphatic rings. The minimum absolute atomic E-state index is 0.00666. The smallest absolute Gasteiger partial charge is 0.185 e. The number of hydrogen-bond acceptors (Lipinski definition) is 2. The van der Waals surface area contributed by atoms with Gasteiger partial charge in [-0.2, -0.15) is 5.10 Å². The fourth-order valence-corrected chi connectivity index (χ4v) is 1.99.